The van der Waals surface area contributed by atoms with Crippen LogP contribution in [0.1, 0.15) is 0 Å². The second-order valence-electron chi connectivity index (χ2n) is 5.73. The molecule has 0 aliphatic heterocycles. The van der Waals surface area contributed by atoms with Gasteiger partial charge in [0.05, 0.1) is 0 Å². The second-order valence-corrected chi connectivity index (χ2v) is 10.1. The van der Waals surface area contributed by atoms with Crippen molar-refractivity contribution in [1.29, 1.82) is 0 Å². The summed E-state index contributed by atoms with van der Waals surface area (Å²) in [5.74, 6) is 0. The minimum absolute atomic E-state index is 0.518. The van der Waals surface area contributed by atoms with Crippen LogP contribution in [0.4, 0.5) is 0 Å². The zero-order valence-corrected chi connectivity index (χ0v) is 13.9. The molecule has 0 saturated heterocycles. The molecule has 3 rings (SSSR count). The van der Waals surface area contributed by atoms with Crippen LogP contribution in [0.3, 0.4) is 0 Å². The number of benzene rings is 3. The van der Waals surface area contributed by atoms with Gasteiger partial charge in [-0.25, -0.2) is 0 Å². The third-order valence-electron chi connectivity index (χ3n) is 4.42. The van der Waals surface area contributed by atoms with Gasteiger partial charge in [0.15, 0.2) is 0 Å². The maximum atomic E-state index is 12.4. The van der Waals surface area contributed by atoms with Crippen molar-refractivity contribution in [2.45, 2.75) is 0 Å². The molecule has 3 aromatic rings. The first-order valence-corrected chi connectivity index (χ1v) is 10.1. The summed E-state index contributed by atoms with van der Waals surface area (Å²) in [4.78, 5) is 12.4. The van der Waals surface area contributed by atoms with Crippen LogP contribution in [0.15, 0.2) is 104 Å². The summed E-state index contributed by atoms with van der Waals surface area (Å²) in [6.45, 7) is 0.392. The van der Waals surface area contributed by atoms with Crippen molar-refractivity contribution >= 4 is 22.7 Å². The van der Waals surface area contributed by atoms with Gasteiger partial charge in [-0.2, -0.15) is 0 Å². The molecule has 0 atom stereocenters. The van der Waals surface area contributed by atoms with E-state index >= 15 is 0 Å². The molecule has 116 valence electrons. The van der Waals surface area contributed by atoms with Gasteiger partial charge >= 0.3 is 137 Å². The first-order chi connectivity index (χ1) is 11.2. The van der Waals surface area contributed by atoms with Crippen molar-refractivity contribution in [1.82, 2.24) is 0 Å². The molecule has 23 heavy (non-hydrogen) atoms. The molecule has 2 heteroatoms. The molecule has 0 spiro atoms. The zero-order valence-electron chi connectivity index (χ0n) is 13.0. The molecule has 1 N–H and O–H groups in total. The molecule has 0 fully saturated rings. The SMILES string of the molecule is C=CCP(O)(c1ccccc1)(c1ccccc1)c1ccccc1. The fourth-order valence-electron chi connectivity index (χ4n) is 3.26. The van der Waals surface area contributed by atoms with Crippen LogP contribution >= 0.6 is 6.83 Å². The maximum absolute atomic E-state index is 12.4. The van der Waals surface area contributed by atoms with Crippen LogP contribution in [0, 0.1) is 0 Å². The van der Waals surface area contributed by atoms with Crippen molar-refractivity contribution in [2.75, 3.05) is 6.16 Å². The summed E-state index contributed by atoms with van der Waals surface area (Å²) in [6, 6.07) is 30.0. The summed E-state index contributed by atoms with van der Waals surface area (Å²) in [7, 11) is 0. The predicted octanol–water partition coefficient (Wildman–Crippen LogP) is 3.61. The van der Waals surface area contributed by atoms with Gasteiger partial charge in [0.1, 0.15) is 0 Å². The first kappa shape index (κ1) is 15.7. The Morgan fingerprint density at radius 3 is 1.22 bits per heavy atom. The van der Waals surface area contributed by atoms with Gasteiger partial charge in [0.2, 0.25) is 0 Å². The number of rotatable bonds is 5. The fourth-order valence-corrected chi connectivity index (χ4v) is 7.74. The van der Waals surface area contributed by atoms with E-state index in [0.717, 1.165) is 15.9 Å². The molecule has 0 heterocycles. The van der Waals surface area contributed by atoms with Crippen molar-refractivity contribution in [3.8, 4) is 0 Å². The van der Waals surface area contributed by atoms with Crippen molar-refractivity contribution in [3.05, 3.63) is 104 Å². The summed E-state index contributed by atoms with van der Waals surface area (Å²) < 4.78 is 0. The van der Waals surface area contributed by atoms with Gasteiger partial charge in [-0.1, -0.05) is 0 Å². The second kappa shape index (κ2) is 6.12. The average Bonchev–Trinajstić information content (AvgIpc) is 2.64. The van der Waals surface area contributed by atoms with Crippen LogP contribution in [0.5, 0.6) is 0 Å². The number of allylic oxidation sites excluding steroid dienone is 1. The molecule has 0 aliphatic rings. The average molecular weight is 320 g/mol. The number of hydrogen-bond donors (Lipinski definition) is 1. The molecule has 3 aromatic carbocycles. The van der Waals surface area contributed by atoms with Crippen LogP contribution in [0.25, 0.3) is 0 Å². The van der Waals surface area contributed by atoms with Crippen molar-refractivity contribution in [2.24, 2.45) is 0 Å². The molecule has 0 unspecified atom stereocenters. The molecule has 0 aromatic heterocycles. The van der Waals surface area contributed by atoms with E-state index in [1.165, 1.54) is 0 Å². The van der Waals surface area contributed by atoms with Crippen LogP contribution in [-0.2, 0) is 0 Å². The van der Waals surface area contributed by atoms with E-state index in [9.17, 15) is 4.89 Å². The summed E-state index contributed by atoms with van der Waals surface area (Å²) >= 11 is 0. The van der Waals surface area contributed by atoms with E-state index in [1.807, 2.05) is 97.1 Å². The fraction of sp³-hybridized carbons (Fsp3) is 0.0476. The Balaban J connectivity index is 2.43. The van der Waals surface area contributed by atoms with E-state index in [2.05, 4.69) is 6.58 Å². The molecular formula is C21H21OP. The van der Waals surface area contributed by atoms with Gasteiger partial charge < -0.3 is 0 Å². The molecule has 0 bridgehead atoms. The Bertz CT molecular complexity index is 682. The molecule has 0 radical (unpaired) electrons. The molecular weight excluding hydrogens is 299 g/mol. The van der Waals surface area contributed by atoms with Crippen LogP contribution < -0.4 is 15.9 Å². The van der Waals surface area contributed by atoms with Gasteiger partial charge in [-0.15, -0.1) is 0 Å². The molecule has 1 nitrogen and oxygen atoms in total. The minimum atomic E-state index is -3.55. The predicted molar refractivity (Wildman–Crippen MR) is 102 cm³/mol. The number of hydrogen-bond acceptors (Lipinski definition) is 1. The normalized spacial score (nSPS) is 13.0. The Morgan fingerprint density at radius 1 is 0.652 bits per heavy atom. The van der Waals surface area contributed by atoms with E-state index in [0.29, 0.717) is 6.16 Å². The van der Waals surface area contributed by atoms with Crippen molar-refractivity contribution < 1.29 is 4.89 Å². The molecule has 0 amide bonds. The Kier molecular flexibility index (Phi) is 4.17. The third-order valence-corrected chi connectivity index (χ3v) is 9.62. The van der Waals surface area contributed by atoms with Crippen LogP contribution in [-0.4, -0.2) is 11.1 Å². The van der Waals surface area contributed by atoms with Gasteiger partial charge in [-0.05, 0) is 0 Å². The topological polar surface area (TPSA) is 20.2 Å². The quantitative estimate of drug-likeness (QED) is 0.562. The summed E-state index contributed by atoms with van der Waals surface area (Å²) in [5.41, 5.74) is 0. The van der Waals surface area contributed by atoms with Gasteiger partial charge in [0, 0.05) is 0 Å². The van der Waals surface area contributed by atoms with E-state index < -0.39 is 6.83 Å². The third kappa shape index (κ3) is 2.43. The monoisotopic (exact) mass is 320 g/mol. The van der Waals surface area contributed by atoms with Gasteiger partial charge in [-0.3, -0.25) is 0 Å². The molecule has 0 saturated carbocycles. The van der Waals surface area contributed by atoms with E-state index in [-0.39, 0.29) is 0 Å². The van der Waals surface area contributed by atoms with Crippen LogP contribution in [0.2, 0.25) is 0 Å². The standard InChI is InChI=1S/C21H21OP/c1-2-18-23(22,19-12-6-3-7-13-19,20-14-8-4-9-15-20)21-16-10-5-11-17-21/h2-17,22H,1,18H2. The Morgan fingerprint density at radius 2 is 0.957 bits per heavy atom. The molecule has 0 aliphatic carbocycles. The first-order valence-electron chi connectivity index (χ1n) is 7.74. The summed E-state index contributed by atoms with van der Waals surface area (Å²) in [5, 5.41) is 2.91. The zero-order chi connectivity index (χ0) is 16.2. The Labute approximate surface area is 138 Å². The van der Waals surface area contributed by atoms with E-state index in [1.54, 1.807) is 0 Å². The summed E-state index contributed by atoms with van der Waals surface area (Å²) in [6.07, 6.45) is 2.36. The van der Waals surface area contributed by atoms with Crippen molar-refractivity contribution in [3.63, 3.8) is 0 Å². The van der Waals surface area contributed by atoms with E-state index in [4.69, 9.17) is 0 Å². The van der Waals surface area contributed by atoms with Gasteiger partial charge in [0.25, 0.3) is 0 Å². The Hall–Kier alpha value is -2.21.